The second kappa shape index (κ2) is 19.5. The van der Waals surface area contributed by atoms with Gasteiger partial charge in [-0.1, -0.05) is 70.4 Å². The van der Waals surface area contributed by atoms with E-state index in [1.807, 2.05) is 0 Å². The summed E-state index contributed by atoms with van der Waals surface area (Å²) >= 11 is 5.21. The molecule has 0 aromatic carbocycles. The number of amides is 1. The lowest BCUT2D eigenvalue weighted by Gasteiger charge is -2.03. The van der Waals surface area contributed by atoms with Crippen molar-refractivity contribution in [3.8, 4) is 0 Å². The van der Waals surface area contributed by atoms with E-state index in [2.05, 4.69) is 24.4 Å². The van der Waals surface area contributed by atoms with Crippen LogP contribution in [0.5, 0.6) is 0 Å². The smallest absolute Gasteiger partial charge is 0.223 e. The summed E-state index contributed by atoms with van der Waals surface area (Å²) in [7, 11) is 0. The lowest BCUT2D eigenvalue weighted by molar-refractivity contribution is -0.121. The first-order valence-electron chi connectivity index (χ1n) is 10.3. The molecule has 0 saturated heterocycles. The van der Waals surface area contributed by atoms with Crippen LogP contribution in [0, 0.1) is 0 Å². The van der Waals surface area contributed by atoms with Crippen LogP contribution < -0.4 is 5.32 Å². The van der Waals surface area contributed by atoms with Crippen LogP contribution in [0.25, 0.3) is 0 Å². The molecule has 0 bridgehead atoms. The van der Waals surface area contributed by atoms with Crippen molar-refractivity contribution in [2.75, 3.05) is 6.54 Å². The molecule has 0 spiro atoms. The average molecular weight is 372 g/mol. The SMILES string of the molecule is CCCCCCCCC=CCCCCCCCC(=O)NCCC(=O)Cl. The van der Waals surface area contributed by atoms with Crippen LogP contribution in [0.3, 0.4) is 0 Å². The number of allylic oxidation sites excluding steroid dienone is 2. The van der Waals surface area contributed by atoms with Crippen molar-refractivity contribution in [2.45, 2.75) is 103 Å². The van der Waals surface area contributed by atoms with Gasteiger partial charge in [0, 0.05) is 19.4 Å². The highest BCUT2D eigenvalue weighted by atomic mass is 35.5. The molecule has 0 aromatic rings. The maximum atomic E-state index is 11.5. The molecule has 146 valence electrons. The topological polar surface area (TPSA) is 46.2 Å². The largest absolute Gasteiger partial charge is 0.356 e. The van der Waals surface area contributed by atoms with Gasteiger partial charge >= 0.3 is 0 Å². The van der Waals surface area contributed by atoms with Crippen LogP contribution in [0.2, 0.25) is 0 Å². The molecule has 0 aliphatic rings. The van der Waals surface area contributed by atoms with Gasteiger partial charge < -0.3 is 5.32 Å². The van der Waals surface area contributed by atoms with Crippen molar-refractivity contribution in [1.82, 2.24) is 5.32 Å². The summed E-state index contributed by atoms with van der Waals surface area (Å²) in [5, 5.41) is 2.31. The zero-order valence-electron chi connectivity index (χ0n) is 16.2. The summed E-state index contributed by atoms with van der Waals surface area (Å²) in [6, 6.07) is 0. The molecular weight excluding hydrogens is 334 g/mol. The van der Waals surface area contributed by atoms with Gasteiger partial charge in [0.25, 0.3) is 0 Å². The zero-order valence-corrected chi connectivity index (χ0v) is 16.9. The van der Waals surface area contributed by atoms with Crippen LogP contribution in [0.4, 0.5) is 0 Å². The molecule has 0 aromatic heterocycles. The Hall–Kier alpha value is -0.830. The number of nitrogens with one attached hydrogen (secondary N) is 1. The molecular formula is C21H38ClNO2. The maximum absolute atomic E-state index is 11.5. The molecule has 25 heavy (non-hydrogen) atoms. The fourth-order valence-electron chi connectivity index (χ4n) is 2.74. The lowest BCUT2D eigenvalue weighted by Crippen LogP contribution is -2.24. The Labute approximate surface area is 160 Å². The van der Waals surface area contributed by atoms with Crippen molar-refractivity contribution in [3.63, 3.8) is 0 Å². The molecule has 4 heteroatoms. The third-order valence-electron chi connectivity index (χ3n) is 4.31. The first-order valence-corrected chi connectivity index (χ1v) is 10.6. The number of halogens is 1. The number of rotatable bonds is 18. The van der Waals surface area contributed by atoms with E-state index in [0.717, 1.165) is 12.8 Å². The van der Waals surface area contributed by atoms with Crippen LogP contribution in [0.1, 0.15) is 103 Å². The van der Waals surface area contributed by atoms with Crippen LogP contribution in [-0.2, 0) is 9.59 Å². The first-order chi connectivity index (χ1) is 12.2. The maximum Gasteiger partial charge on any atom is 0.223 e. The highest BCUT2D eigenvalue weighted by Crippen LogP contribution is 2.09. The first kappa shape index (κ1) is 24.2. The van der Waals surface area contributed by atoms with Crippen molar-refractivity contribution in [3.05, 3.63) is 12.2 Å². The van der Waals surface area contributed by atoms with Gasteiger partial charge in [0.1, 0.15) is 0 Å². The van der Waals surface area contributed by atoms with Gasteiger partial charge in [-0.25, -0.2) is 0 Å². The molecule has 0 atom stereocenters. The number of hydrogen-bond acceptors (Lipinski definition) is 2. The number of hydrogen-bond donors (Lipinski definition) is 1. The Morgan fingerprint density at radius 2 is 1.28 bits per heavy atom. The third-order valence-corrected chi connectivity index (χ3v) is 4.50. The molecule has 0 fully saturated rings. The van der Waals surface area contributed by atoms with E-state index in [1.165, 1.54) is 70.6 Å². The van der Waals surface area contributed by atoms with E-state index in [0.29, 0.717) is 13.0 Å². The minimum Gasteiger partial charge on any atom is -0.356 e. The van der Waals surface area contributed by atoms with Gasteiger partial charge in [0.2, 0.25) is 11.1 Å². The standard InChI is InChI=1S/C21H38ClNO2/c1-2-3-4-5-6-7-8-9-10-11-12-13-14-15-16-17-21(25)23-19-18-20(22)24/h9-10H,2-8,11-19H2,1H3,(H,23,25). The minimum atomic E-state index is -0.402. The van der Waals surface area contributed by atoms with Gasteiger partial charge in [0.15, 0.2) is 0 Å². The van der Waals surface area contributed by atoms with Crippen molar-refractivity contribution in [1.29, 1.82) is 0 Å². The highest BCUT2D eigenvalue weighted by Gasteiger charge is 2.02. The summed E-state index contributed by atoms with van der Waals surface area (Å²) in [6.45, 7) is 2.61. The summed E-state index contributed by atoms with van der Waals surface area (Å²) < 4.78 is 0. The minimum absolute atomic E-state index is 0.0237. The number of unbranched alkanes of at least 4 members (excludes halogenated alkanes) is 11. The Morgan fingerprint density at radius 1 is 0.760 bits per heavy atom. The second-order valence-corrected chi connectivity index (χ2v) is 7.21. The predicted molar refractivity (Wildman–Crippen MR) is 108 cm³/mol. The molecule has 0 aliphatic heterocycles. The highest BCUT2D eigenvalue weighted by molar-refractivity contribution is 6.63. The predicted octanol–water partition coefficient (Wildman–Crippen LogP) is 6.30. The lowest BCUT2D eigenvalue weighted by atomic mass is 10.1. The average Bonchev–Trinajstić information content (AvgIpc) is 2.58. The van der Waals surface area contributed by atoms with Crippen LogP contribution in [-0.4, -0.2) is 17.7 Å². The Morgan fingerprint density at radius 3 is 1.84 bits per heavy atom. The summed E-state index contributed by atoms with van der Waals surface area (Å²) in [4.78, 5) is 22.0. The molecule has 0 saturated carbocycles. The number of carbonyl (C=O) groups is 2. The van der Waals surface area contributed by atoms with Gasteiger partial charge in [-0.3, -0.25) is 9.59 Å². The second-order valence-electron chi connectivity index (χ2n) is 6.79. The van der Waals surface area contributed by atoms with E-state index in [1.54, 1.807) is 0 Å². The van der Waals surface area contributed by atoms with Crippen molar-refractivity contribution in [2.24, 2.45) is 0 Å². The van der Waals surface area contributed by atoms with Crippen molar-refractivity contribution < 1.29 is 9.59 Å². The molecule has 1 N–H and O–H groups in total. The summed E-state index contributed by atoms with van der Waals surface area (Å²) in [5.74, 6) is 0.0237. The van der Waals surface area contributed by atoms with Gasteiger partial charge in [-0.2, -0.15) is 0 Å². The fourth-order valence-corrected chi connectivity index (χ4v) is 2.84. The molecule has 1 amide bonds. The Balaban J connectivity index is 3.21. The Bertz CT molecular complexity index is 356. The quantitative estimate of drug-likeness (QED) is 0.175. The fraction of sp³-hybridized carbons (Fsp3) is 0.810. The van der Waals surface area contributed by atoms with E-state index in [4.69, 9.17) is 11.6 Å². The van der Waals surface area contributed by atoms with Crippen LogP contribution >= 0.6 is 11.6 Å². The molecule has 0 radical (unpaired) electrons. The van der Waals surface area contributed by atoms with Crippen LogP contribution in [0.15, 0.2) is 12.2 Å². The van der Waals surface area contributed by atoms with Gasteiger partial charge in [0.05, 0.1) is 0 Å². The van der Waals surface area contributed by atoms with E-state index in [-0.39, 0.29) is 12.3 Å². The molecule has 3 nitrogen and oxygen atoms in total. The normalized spacial score (nSPS) is 11.1. The molecule has 0 aliphatic carbocycles. The summed E-state index contributed by atoms with van der Waals surface area (Å²) in [6.07, 6.45) is 21.8. The van der Waals surface area contributed by atoms with Gasteiger partial charge in [-0.15, -0.1) is 0 Å². The molecule has 0 rings (SSSR count). The molecule has 0 heterocycles. The number of carbonyl (C=O) groups excluding carboxylic acids is 2. The summed E-state index contributed by atoms with van der Waals surface area (Å²) in [5.41, 5.74) is 0. The van der Waals surface area contributed by atoms with E-state index >= 15 is 0 Å². The van der Waals surface area contributed by atoms with Gasteiger partial charge in [-0.05, 0) is 43.7 Å². The Kier molecular flexibility index (Phi) is 18.8. The zero-order chi connectivity index (χ0) is 18.6. The van der Waals surface area contributed by atoms with E-state index < -0.39 is 5.24 Å². The molecule has 0 unspecified atom stereocenters. The monoisotopic (exact) mass is 371 g/mol. The third kappa shape index (κ3) is 21.1. The van der Waals surface area contributed by atoms with E-state index in [9.17, 15) is 9.59 Å². The van der Waals surface area contributed by atoms with Crippen molar-refractivity contribution >= 4 is 22.8 Å².